The molecule has 0 aliphatic rings. The third-order valence-corrected chi connectivity index (χ3v) is 6.74. The average molecular weight is 750 g/mol. The van der Waals surface area contributed by atoms with Crippen molar-refractivity contribution in [2.24, 2.45) is 0 Å². The zero-order valence-electron chi connectivity index (χ0n) is 28.9. The topological polar surface area (TPSA) is 251 Å². The summed E-state index contributed by atoms with van der Waals surface area (Å²) in [5, 5.41) is 5.09. The van der Waals surface area contributed by atoms with Gasteiger partial charge in [0.2, 0.25) is 5.91 Å². The lowest BCUT2D eigenvalue weighted by molar-refractivity contribution is -0.150. The smallest absolute Gasteiger partial charge is 0.469 e. The van der Waals surface area contributed by atoms with Crippen molar-refractivity contribution in [1.29, 1.82) is 0 Å². The number of carbonyl (C=O) groups is 5. The van der Waals surface area contributed by atoms with Crippen LogP contribution >= 0.6 is 7.82 Å². The molecule has 0 aromatic heterocycles. The second-order valence-electron chi connectivity index (χ2n) is 9.59. The van der Waals surface area contributed by atoms with Crippen LogP contribution in [0.4, 0.5) is 4.79 Å². The van der Waals surface area contributed by atoms with Crippen molar-refractivity contribution in [2.75, 3.05) is 140 Å². The predicted molar refractivity (Wildman–Crippen MR) is 170 cm³/mol. The maximum absolute atomic E-state index is 12.5. The molecule has 2 amide bonds. The second-order valence-corrected chi connectivity index (χ2v) is 11.2. The molecule has 0 aliphatic carbocycles. The normalized spacial score (nSPS) is 12.2. The Morgan fingerprint density at radius 1 is 0.620 bits per heavy atom. The van der Waals surface area contributed by atoms with Gasteiger partial charge < -0.3 is 58.2 Å². The van der Waals surface area contributed by atoms with E-state index >= 15 is 0 Å². The van der Waals surface area contributed by atoms with Crippen LogP contribution in [0.2, 0.25) is 0 Å². The Kier molecular flexibility index (Phi) is 30.1. The summed E-state index contributed by atoms with van der Waals surface area (Å²) in [5.41, 5.74) is 0. The van der Waals surface area contributed by atoms with E-state index in [0.29, 0.717) is 13.0 Å². The maximum Gasteiger partial charge on any atom is 0.471 e. The molecular weight excluding hydrogens is 697 g/mol. The monoisotopic (exact) mass is 749 g/mol. The molecule has 0 radical (unpaired) electrons. The first-order chi connectivity index (χ1) is 24.0. The highest BCUT2D eigenvalue weighted by molar-refractivity contribution is 7.47. The summed E-state index contributed by atoms with van der Waals surface area (Å²) in [5.74, 6) is -1.98. The number of phosphoric acid groups is 1. The number of alkyl carbamates (subject to hydrolysis) is 1. The first kappa shape index (κ1) is 47.0. The number of rotatable bonds is 33. The van der Waals surface area contributed by atoms with Crippen LogP contribution in [0.5, 0.6) is 0 Å². The van der Waals surface area contributed by atoms with E-state index in [-0.39, 0.29) is 130 Å². The molecule has 0 rings (SSSR count). The van der Waals surface area contributed by atoms with Gasteiger partial charge in [-0.2, -0.15) is 0 Å². The summed E-state index contributed by atoms with van der Waals surface area (Å²) < 4.78 is 65.6. The first-order valence-corrected chi connectivity index (χ1v) is 17.1. The number of phosphoric ester groups is 1. The number of esters is 3. The molecule has 0 aromatic carbocycles. The van der Waals surface area contributed by atoms with Gasteiger partial charge >= 0.3 is 31.8 Å². The summed E-state index contributed by atoms with van der Waals surface area (Å²) >= 11 is 0. The molecule has 0 spiro atoms. The van der Waals surface area contributed by atoms with E-state index in [2.05, 4.69) is 29.2 Å². The number of carbonyl (C=O) groups excluding carboxylic acids is 5. The number of amides is 2. The summed E-state index contributed by atoms with van der Waals surface area (Å²) in [6.07, 6.45) is 0.173. The number of nitrogens with zero attached hydrogens (tertiary/aromatic N) is 1. The van der Waals surface area contributed by atoms with Gasteiger partial charge in [0.05, 0.1) is 73.6 Å². The Morgan fingerprint density at radius 2 is 1.14 bits per heavy atom. The molecule has 1 atom stereocenters. The minimum atomic E-state index is -4.09. The second kappa shape index (κ2) is 32.0. The van der Waals surface area contributed by atoms with E-state index in [1.165, 1.54) is 14.2 Å². The summed E-state index contributed by atoms with van der Waals surface area (Å²) in [7, 11) is -0.500. The lowest BCUT2D eigenvalue weighted by atomic mass is 10.3. The fraction of sp³-hybridized carbons (Fsp3) is 0.821. The van der Waals surface area contributed by atoms with Gasteiger partial charge in [0.15, 0.2) is 0 Å². The van der Waals surface area contributed by atoms with Gasteiger partial charge in [-0.25, -0.2) is 18.9 Å². The van der Waals surface area contributed by atoms with Crippen LogP contribution < -0.4 is 10.6 Å². The number of methoxy groups -OCH3 is 2. The minimum Gasteiger partial charge on any atom is -0.469 e. The van der Waals surface area contributed by atoms with Gasteiger partial charge in [-0.3, -0.25) is 23.5 Å². The van der Waals surface area contributed by atoms with Gasteiger partial charge in [0, 0.05) is 46.3 Å². The fourth-order valence-corrected chi connectivity index (χ4v) is 3.70. The molecule has 1 unspecified atom stereocenters. The van der Waals surface area contributed by atoms with Crippen molar-refractivity contribution in [3.8, 4) is 0 Å². The summed E-state index contributed by atoms with van der Waals surface area (Å²) in [6, 6.07) is 0. The largest absolute Gasteiger partial charge is 0.471 e. The molecule has 3 N–H and O–H groups in total. The highest BCUT2D eigenvalue weighted by Crippen LogP contribution is 2.41. The maximum atomic E-state index is 12.5. The number of hydrogen-bond donors (Lipinski definition) is 3. The zero-order valence-corrected chi connectivity index (χ0v) is 29.8. The first-order valence-electron chi connectivity index (χ1n) is 15.6. The Hall–Kier alpha value is -2.98. The zero-order chi connectivity index (χ0) is 37.3. The van der Waals surface area contributed by atoms with Crippen LogP contribution in [0.3, 0.4) is 0 Å². The molecule has 0 bridgehead atoms. The van der Waals surface area contributed by atoms with E-state index in [1.54, 1.807) is 4.90 Å². The number of ether oxygens (including phenoxy) is 9. The van der Waals surface area contributed by atoms with E-state index in [9.17, 15) is 28.5 Å². The van der Waals surface area contributed by atoms with Crippen LogP contribution in [-0.4, -0.2) is 180 Å². The fourth-order valence-electron chi connectivity index (χ4n) is 3.29. The Bertz CT molecular complexity index is 941. The highest BCUT2D eigenvalue weighted by Gasteiger charge is 2.17. The Balaban J connectivity index is 4.42. The van der Waals surface area contributed by atoms with Gasteiger partial charge in [0.25, 0.3) is 0 Å². The van der Waals surface area contributed by atoms with E-state index in [1.807, 2.05) is 0 Å². The van der Waals surface area contributed by atoms with Crippen molar-refractivity contribution in [2.45, 2.75) is 12.8 Å². The lowest BCUT2D eigenvalue weighted by Crippen LogP contribution is -2.41. The van der Waals surface area contributed by atoms with Gasteiger partial charge in [-0.15, -0.1) is 0 Å². The van der Waals surface area contributed by atoms with Gasteiger partial charge in [-0.1, -0.05) is 0 Å². The molecule has 21 nitrogen and oxygen atoms in total. The third kappa shape index (κ3) is 31.0. The molecule has 22 heteroatoms. The van der Waals surface area contributed by atoms with E-state index < -0.39 is 25.9 Å². The van der Waals surface area contributed by atoms with Crippen molar-refractivity contribution in [3.05, 3.63) is 0 Å². The molecule has 50 heavy (non-hydrogen) atoms. The van der Waals surface area contributed by atoms with E-state index in [0.717, 1.165) is 7.11 Å². The summed E-state index contributed by atoms with van der Waals surface area (Å²) in [6.45, 7) is 0.868. The highest BCUT2D eigenvalue weighted by atomic mass is 31.2. The van der Waals surface area contributed by atoms with Gasteiger partial charge in [-0.05, 0) is 6.42 Å². The Labute approximate surface area is 291 Å². The standard InChI is InChI=1S/C28H52N3O18P/c1-39-25(33)5-4-10-42-15-17-45-22-26(34)47-13-8-31(21-24(32)29-6-11-44-19-20-49-50(37,38)41-3)9-14-48-27(35)23-46-18-16-43-12-7-30-28(36)40-2/h4-23H2,1-3H3,(H,29,32)(H,30,36)(H,37,38). The van der Waals surface area contributed by atoms with Gasteiger partial charge in [0.1, 0.15) is 26.4 Å². The predicted octanol–water partition coefficient (Wildman–Crippen LogP) is -1.35. The Morgan fingerprint density at radius 3 is 1.68 bits per heavy atom. The molecule has 292 valence electrons. The minimum absolute atomic E-state index is 0.00824. The molecule has 0 heterocycles. The molecule has 0 saturated heterocycles. The molecular formula is C28H52N3O18P. The van der Waals surface area contributed by atoms with Crippen LogP contribution in [0, 0.1) is 0 Å². The van der Waals surface area contributed by atoms with Crippen LogP contribution in [0.25, 0.3) is 0 Å². The number of nitrogens with one attached hydrogen (secondary N) is 2. The van der Waals surface area contributed by atoms with E-state index in [4.69, 9.17) is 38.1 Å². The van der Waals surface area contributed by atoms with Crippen LogP contribution in [-0.2, 0) is 75.4 Å². The van der Waals surface area contributed by atoms with Crippen LogP contribution in [0.15, 0.2) is 0 Å². The van der Waals surface area contributed by atoms with Crippen molar-refractivity contribution in [1.82, 2.24) is 15.5 Å². The summed E-state index contributed by atoms with van der Waals surface area (Å²) in [4.78, 5) is 69.3. The molecule has 0 aliphatic heterocycles. The third-order valence-electron chi connectivity index (χ3n) is 5.77. The van der Waals surface area contributed by atoms with Crippen LogP contribution in [0.1, 0.15) is 12.8 Å². The SMILES string of the molecule is COC(=O)CCCOCCOCC(=O)OCCN(CCOC(=O)COCCOCCNC(=O)OC)CC(=O)NCCOCCOP(=O)(O)OC. The van der Waals surface area contributed by atoms with Crippen molar-refractivity contribution >= 4 is 37.7 Å². The lowest BCUT2D eigenvalue weighted by Gasteiger charge is -2.21. The molecule has 0 fully saturated rings. The quantitative estimate of drug-likeness (QED) is 0.0303. The van der Waals surface area contributed by atoms with Crippen molar-refractivity contribution < 1.29 is 85.1 Å². The molecule has 0 saturated carbocycles. The number of hydrogen-bond acceptors (Lipinski definition) is 18. The van der Waals surface area contributed by atoms with Crippen molar-refractivity contribution in [3.63, 3.8) is 0 Å². The molecule has 0 aromatic rings. The average Bonchev–Trinajstić information content (AvgIpc) is 3.09.